The fourth-order valence-electron chi connectivity index (χ4n) is 8.82. The molecule has 11 aromatic rings. The van der Waals surface area contributed by atoms with Gasteiger partial charge in [-0.1, -0.05) is 170 Å². The first-order chi connectivity index (χ1) is 27.3. The van der Waals surface area contributed by atoms with Gasteiger partial charge in [0, 0.05) is 16.5 Å². The number of hydrogen-bond donors (Lipinski definition) is 0. The van der Waals surface area contributed by atoms with E-state index < -0.39 is 0 Å². The summed E-state index contributed by atoms with van der Waals surface area (Å²) in [5, 5.41) is 10.0. The maximum absolute atomic E-state index is 2.40. The predicted octanol–water partition coefficient (Wildman–Crippen LogP) is 14.9. The summed E-state index contributed by atoms with van der Waals surface area (Å²) < 4.78 is 2.40. The summed E-state index contributed by atoms with van der Waals surface area (Å²) in [4.78, 5) is 0. The van der Waals surface area contributed by atoms with Crippen LogP contribution in [0, 0.1) is 0 Å². The number of hydrogen-bond acceptors (Lipinski definition) is 0. The van der Waals surface area contributed by atoms with Crippen LogP contribution >= 0.6 is 0 Å². The lowest BCUT2D eigenvalue weighted by Gasteiger charge is -2.18. The van der Waals surface area contributed by atoms with E-state index in [2.05, 4.69) is 217 Å². The molecule has 0 radical (unpaired) electrons. The van der Waals surface area contributed by atoms with Gasteiger partial charge in [-0.3, -0.25) is 0 Å². The van der Waals surface area contributed by atoms with Crippen LogP contribution in [0.3, 0.4) is 0 Å². The first-order valence-corrected chi connectivity index (χ1v) is 19.0. The minimum atomic E-state index is 1.17. The van der Waals surface area contributed by atoms with Crippen LogP contribution in [0.2, 0.25) is 0 Å². The molecule has 0 spiro atoms. The van der Waals surface area contributed by atoms with Crippen LogP contribution in [0.15, 0.2) is 212 Å². The van der Waals surface area contributed by atoms with E-state index in [9.17, 15) is 0 Å². The molecule has 1 nitrogen and oxygen atoms in total. The maximum Gasteiger partial charge on any atom is 0.0547 e. The second kappa shape index (κ2) is 12.7. The first-order valence-electron chi connectivity index (χ1n) is 19.0. The normalized spacial score (nSPS) is 11.6. The van der Waals surface area contributed by atoms with Crippen LogP contribution in [-0.2, 0) is 0 Å². The molecule has 0 aliphatic heterocycles. The Kier molecular flexibility index (Phi) is 7.25. The highest BCUT2D eigenvalue weighted by Gasteiger charge is 2.18. The van der Waals surface area contributed by atoms with Gasteiger partial charge in [0.2, 0.25) is 0 Å². The van der Waals surface area contributed by atoms with Crippen molar-refractivity contribution in [1.29, 1.82) is 0 Å². The Morgan fingerprint density at radius 3 is 1.35 bits per heavy atom. The standard InChI is InChI=1S/C54H35N/c1-3-14-36(15-4-1)38-26-27-40-34-43(29-28-39(40)32-38)54-49-23-9-7-21-47(49)53(48-22-8-10-24-50(48)54)42-17-13-16-37(33-42)41-30-31-46-45-20-11-12-25-51(45)55(52(46)35-41)44-18-5-2-6-19-44/h1-35H. The molecule has 0 unspecified atom stereocenters. The van der Waals surface area contributed by atoms with Gasteiger partial charge in [-0.15, -0.1) is 0 Å². The van der Waals surface area contributed by atoms with Gasteiger partial charge >= 0.3 is 0 Å². The molecule has 1 aromatic heterocycles. The smallest absolute Gasteiger partial charge is 0.0547 e. The topological polar surface area (TPSA) is 4.93 Å². The summed E-state index contributed by atoms with van der Waals surface area (Å²) in [6.07, 6.45) is 0. The van der Waals surface area contributed by atoms with Crippen molar-refractivity contribution in [2.75, 3.05) is 0 Å². The Balaban J connectivity index is 1.08. The van der Waals surface area contributed by atoms with Gasteiger partial charge in [-0.25, -0.2) is 0 Å². The number of rotatable bonds is 5. The van der Waals surface area contributed by atoms with Crippen LogP contribution in [0.5, 0.6) is 0 Å². The van der Waals surface area contributed by atoms with Crippen molar-refractivity contribution in [3.8, 4) is 50.2 Å². The van der Waals surface area contributed by atoms with Crippen LogP contribution in [0.1, 0.15) is 0 Å². The zero-order valence-electron chi connectivity index (χ0n) is 30.2. The van der Waals surface area contributed by atoms with Gasteiger partial charge in [0.1, 0.15) is 0 Å². The highest BCUT2D eigenvalue weighted by atomic mass is 15.0. The molecule has 1 heterocycles. The largest absolute Gasteiger partial charge is 0.309 e. The lowest BCUT2D eigenvalue weighted by Crippen LogP contribution is -1.93. The fourth-order valence-corrected chi connectivity index (χ4v) is 8.82. The number of para-hydroxylation sites is 2. The Hall–Kier alpha value is -7.22. The van der Waals surface area contributed by atoms with E-state index >= 15 is 0 Å². The van der Waals surface area contributed by atoms with Gasteiger partial charge in [0.25, 0.3) is 0 Å². The molecule has 0 fully saturated rings. The van der Waals surface area contributed by atoms with E-state index in [0.717, 1.165) is 0 Å². The number of nitrogens with zero attached hydrogens (tertiary/aromatic N) is 1. The zero-order chi connectivity index (χ0) is 36.3. The average Bonchev–Trinajstić information content (AvgIpc) is 3.59. The lowest BCUT2D eigenvalue weighted by molar-refractivity contribution is 1.18. The molecule has 256 valence electrons. The Morgan fingerprint density at radius 1 is 0.236 bits per heavy atom. The van der Waals surface area contributed by atoms with Gasteiger partial charge in [0.05, 0.1) is 11.0 Å². The maximum atomic E-state index is 2.40. The first kappa shape index (κ1) is 31.3. The van der Waals surface area contributed by atoms with Crippen molar-refractivity contribution in [2.45, 2.75) is 0 Å². The molecule has 0 atom stereocenters. The van der Waals surface area contributed by atoms with Gasteiger partial charge in [-0.05, 0) is 119 Å². The van der Waals surface area contributed by atoms with Crippen molar-refractivity contribution in [3.05, 3.63) is 212 Å². The van der Waals surface area contributed by atoms with Crippen LogP contribution in [0.25, 0.3) is 104 Å². The molecule has 0 aliphatic carbocycles. The molecule has 0 saturated heterocycles. The van der Waals surface area contributed by atoms with Crippen molar-refractivity contribution >= 4 is 54.1 Å². The Bertz CT molecular complexity index is 3190. The van der Waals surface area contributed by atoms with Crippen LogP contribution < -0.4 is 0 Å². The second-order valence-corrected chi connectivity index (χ2v) is 14.5. The molecule has 0 amide bonds. The third-order valence-electron chi connectivity index (χ3n) is 11.3. The summed E-state index contributed by atoms with van der Waals surface area (Å²) in [6.45, 7) is 0. The molecular formula is C54H35N. The summed E-state index contributed by atoms with van der Waals surface area (Å²) >= 11 is 0. The van der Waals surface area contributed by atoms with Crippen molar-refractivity contribution in [1.82, 2.24) is 4.57 Å². The molecule has 11 rings (SSSR count). The van der Waals surface area contributed by atoms with Gasteiger partial charge in [0.15, 0.2) is 0 Å². The molecule has 0 bridgehead atoms. The van der Waals surface area contributed by atoms with Crippen LogP contribution in [0.4, 0.5) is 0 Å². The second-order valence-electron chi connectivity index (χ2n) is 14.5. The van der Waals surface area contributed by atoms with E-state index in [1.807, 2.05) is 0 Å². The molecule has 0 N–H and O–H groups in total. The summed E-state index contributed by atoms with van der Waals surface area (Å²) in [7, 11) is 0. The minimum Gasteiger partial charge on any atom is -0.309 e. The number of benzene rings is 10. The summed E-state index contributed by atoms with van der Waals surface area (Å²) in [5.41, 5.74) is 13.5. The highest BCUT2D eigenvalue weighted by Crippen LogP contribution is 2.45. The third kappa shape index (κ3) is 5.16. The average molecular weight is 698 g/mol. The molecule has 0 saturated carbocycles. The molecule has 10 aromatic carbocycles. The fraction of sp³-hybridized carbons (Fsp3) is 0. The van der Waals surface area contributed by atoms with Gasteiger partial charge in [-0.2, -0.15) is 0 Å². The van der Waals surface area contributed by atoms with Crippen molar-refractivity contribution < 1.29 is 0 Å². The van der Waals surface area contributed by atoms with E-state index in [1.54, 1.807) is 0 Å². The Labute approximate surface area is 320 Å². The third-order valence-corrected chi connectivity index (χ3v) is 11.3. The van der Waals surface area contributed by atoms with Crippen LogP contribution in [-0.4, -0.2) is 4.57 Å². The van der Waals surface area contributed by atoms with Gasteiger partial charge < -0.3 is 4.57 Å². The molecule has 1 heteroatoms. The summed E-state index contributed by atoms with van der Waals surface area (Å²) in [6, 6.07) is 77.8. The quantitative estimate of drug-likeness (QED) is 0.158. The molecule has 55 heavy (non-hydrogen) atoms. The van der Waals surface area contributed by atoms with E-state index in [4.69, 9.17) is 0 Å². The van der Waals surface area contributed by atoms with E-state index in [0.29, 0.717) is 0 Å². The SMILES string of the molecule is c1ccc(-c2ccc3cc(-c4c5ccccc5c(-c5cccc(-c6ccc7c8ccccc8n(-c8ccccc8)c7c6)c5)c5ccccc45)ccc3c2)cc1. The number of aromatic nitrogens is 1. The Morgan fingerprint density at radius 2 is 0.673 bits per heavy atom. The van der Waals surface area contributed by atoms with Crippen molar-refractivity contribution in [2.24, 2.45) is 0 Å². The monoisotopic (exact) mass is 697 g/mol. The predicted molar refractivity (Wildman–Crippen MR) is 235 cm³/mol. The minimum absolute atomic E-state index is 1.17. The number of fused-ring (bicyclic) bond motifs is 6. The van der Waals surface area contributed by atoms with E-state index in [-0.39, 0.29) is 0 Å². The molecular weight excluding hydrogens is 663 g/mol. The van der Waals surface area contributed by atoms with Crippen molar-refractivity contribution in [3.63, 3.8) is 0 Å². The lowest BCUT2D eigenvalue weighted by atomic mass is 9.85. The zero-order valence-corrected chi connectivity index (χ0v) is 30.2. The highest BCUT2D eigenvalue weighted by molar-refractivity contribution is 6.22. The summed E-state index contributed by atoms with van der Waals surface area (Å²) in [5.74, 6) is 0. The molecule has 0 aliphatic rings. The van der Waals surface area contributed by atoms with E-state index in [1.165, 1.54) is 104 Å².